The molecule has 116 valence electrons. The van der Waals surface area contributed by atoms with Gasteiger partial charge in [0.25, 0.3) is 0 Å². The van der Waals surface area contributed by atoms with Crippen LogP contribution in [0, 0.1) is 20.8 Å². The summed E-state index contributed by atoms with van der Waals surface area (Å²) in [6.45, 7) is 5.98. The fourth-order valence-electron chi connectivity index (χ4n) is 2.13. The zero-order valence-corrected chi connectivity index (χ0v) is 14.6. The molecule has 0 saturated carbocycles. The molecular formula is C16H18N2O2S2. The van der Waals surface area contributed by atoms with Crippen molar-refractivity contribution in [2.75, 3.05) is 17.7 Å². The Balaban J connectivity index is 2.18. The van der Waals surface area contributed by atoms with Gasteiger partial charge in [-0.2, -0.15) is 0 Å². The molecule has 2 aromatic rings. The molecule has 0 bridgehead atoms. The predicted molar refractivity (Wildman–Crippen MR) is 96.2 cm³/mol. The number of ether oxygens (including phenoxy) is 1. The highest BCUT2D eigenvalue weighted by molar-refractivity contribution is 7.80. The van der Waals surface area contributed by atoms with E-state index in [9.17, 15) is 4.79 Å². The highest BCUT2D eigenvalue weighted by Crippen LogP contribution is 2.28. The quantitative estimate of drug-likeness (QED) is 0.648. The minimum atomic E-state index is -0.373. The fraction of sp³-hybridized carbons (Fsp3) is 0.250. The summed E-state index contributed by atoms with van der Waals surface area (Å²) < 4.78 is 4.79. The second-order valence-corrected chi connectivity index (χ2v) is 6.60. The van der Waals surface area contributed by atoms with Gasteiger partial charge in [-0.1, -0.05) is 18.2 Å². The molecule has 0 spiro atoms. The zero-order valence-electron chi connectivity index (χ0n) is 12.9. The number of benzene rings is 1. The molecule has 0 saturated heterocycles. The first-order valence-electron chi connectivity index (χ1n) is 6.75. The number of methoxy groups -OCH3 is 1. The molecule has 0 amide bonds. The maximum Gasteiger partial charge on any atom is 0.340 e. The molecule has 2 N–H and O–H groups in total. The highest BCUT2D eigenvalue weighted by Gasteiger charge is 2.16. The Morgan fingerprint density at radius 3 is 2.41 bits per heavy atom. The first-order valence-corrected chi connectivity index (χ1v) is 7.97. The normalized spacial score (nSPS) is 10.2. The molecule has 2 rings (SSSR count). The minimum Gasteiger partial charge on any atom is -0.465 e. The van der Waals surface area contributed by atoms with Crippen LogP contribution in [-0.2, 0) is 4.74 Å². The van der Waals surface area contributed by atoms with Gasteiger partial charge < -0.3 is 15.4 Å². The van der Waals surface area contributed by atoms with E-state index in [1.165, 1.54) is 18.4 Å². The third-order valence-electron chi connectivity index (χ3n) is 3.21. The molecule has 0 fully saturated rings. The maximum absolute atomic E-state index is 11.8. The number of thiophene rings is 1. The molecule has 0 radical (unpaired) electrons. The largest absolute Gasteiger partial charge is 0.465 e. The van der Waals surface area contributed by atoms with E-state index in [0.29, 0.717) is 15.7 Å². The van der Waals surface area contributed by atoms with Crippen molar-refractivity contribution in [3.63, 3.8) is 0 Å². The smallest absolute Gasteiger partial charge is 0.340 e. The monoisotopic (exact) mass is 334 g/mol. The number of hydrogen-bond donors (Lipinski definition) is 2. The highest BCUT2D eigenvalue weighted by atomic mass is 32.1. The third-order valence-corrected chi connectivity index (χ3v) is 4.38. The number of nitrogens with one attached hydrogen (secondary N) is 2. The molecule has 22 heavy (non-hydrogen) atoms. The topological polar surface area (TPSA) is 50.4 Å². The van der Waals surface area contributed by atoms with Crippen LogP contribution in [0.5, 0.6) is 0 Å². The SMILES string of the molecule is COC(=O)c1cc(C)sc1NC(=S)Nc1c(C)cccc1C. The molecule has 0 aliphatic rings. The molecule has 0 aliphatic carbocycles. The van der Waals surface area contributed by atoms with Crippen LogP contribution in [0.1, 0.15) is 26.4 Å². The van der Waals surface area contributed by atoms with Crippen molar-refractivity contribution in [3.05, 3.63) is 45.8 Å². The van der Waals surface area contributed by atoms with Gasteiger partial charge in [-0.05, 0) is 50.2 Å². The summed E-state index contributed by atoms with van der Waals surface area (Å²) in [7, 11) is 1.37. The van der Waals surface area contributed by atoms with Gasteiger partial charge in [0.2, 0.25) is 0 Å². The second-order valence-electron chi connectivity index (χ2n) is 4.94. The summed E-state index contributed by atoms with van der Waals surface area (Å²) in [6.07, 6.45) is 0. The lowest BCUT2D eigenvalue weighted by molar-refractivity contribution is 0.0602. The molecule has 0 aliphatic heterocycles. The minimum absolute atomic E-state index is 0.373. The van der Waals surface area contributed by atoms with E-state index in [1.807, 2.05) is 39.0 Å². The Labute approximate surface area is 139 Å². The Morgan fingerprint density at radius 2 is 1.82 bits per heavy atom. The average Bonchev–Trinajstić information content (AvgIpc) is 2.83. The standard InChI is InChI=1S/C16H18N2O2S2/c1-9-6-5-7-10(2)13(9)17-16(21)18-14-12(15(19)20-4)8-11(3)22-14/h5-8H,1-4H3,(H2,17,18,21). The van der Waals surface area contributed by atoms with Gasteiger partial charge in [-0.15, -0.1) is 11.3 Å². The van der Waals surface area contributed by atoms with E-state index < -0.39 is 0 Å². The number of thiocarbonyl (C=S) groups is 1. The summed E-state index contributed by atoms with van der Waals surface area (Å²) >= 11 is 6.83. The summed E-state index contributed by atoms with van der Waals surface area (Å²) in [6, 6.07) is 7.84. The first-order chi connectivity index (χ1) is 10.4. The van der Waals surface area contributed by atoms with Crippen LogP contribution in [-0.4, -0.2) is 18.2 Å². The Hall–Kier alpha value is -1.92. The third kappa shape index (κ3) is 3.64. The molecule has 6 heteroatoms. The summed E-state index contributed by atoms with van der Waals surface area (Å²) in [5.41, 5.74) is 3.70. The van der Waals surface area contributed by atoms with Gasteiger partial charge in [0.05, 0.1) is 12.7 Å². The van der Waals surface area contributed by atoms with Gasteiger partial charge in [0, 0.05) is 10.6 Å². The van der Waals surface area contributed by atoms with Crippen LogP contribution in [0.3, 0.4) is 0 Å². The van der Waals surface area contributed by atoms with Gasteiger partial charge in [-0.3, -0.25) is 0 Å². The number of carbonyl (C=O) groups is 1. The van der Waals surface area contributed by atoms with Crippen LogP contribution in [0.25, 0.3) is 0 Å². The summed E-state index contributed by atoms with van der Waals surface area (Å²) in [5, 5.41) is 7.42. The van der Waals surface area contributed by atoms with Gasteiger partial charge in [-0.25, -0.2) is 4.79 Å². The lowest BCUT2D eigenvalue weighted by Gasteiger charge is -2.14. The van der Waals surface area contributed by atoms with E-state index >= 15 is 0 Å². The van der Waals surface area contributed by atoms with E-state index in [2.05, 4.69) is 10.6 Å². The number of para-hydroxylation sites is 1. The van der Waals surface area contributed by atoms with Crippen molar-refractivity contribution in [2.24, 2.45) is 0 Å². The fourth-order valence-corrected chi connectivity index (χ4v) is 3.30. The van der Waals surface area contributed by atoms with E-state index in [-0.39, 0.29) is 5.97 Å². The van der Waals surface area contributed by atoms with E-state index in [1.54, 1.807) is 6.07 Å². The Kier molecular flexibility index (Phi) is 5.15. The second kappa shape index (κ2) is 6.89. The molecule has 0 unspecified atom stereocenters. The average molecular weight is 334 g/mol. The number of carbonyl (C=O) groups excluding carboxylic acids is 1. The van der Waals surface area contributed by atoms with Crippen LogP contribution in [0.4, 0.5) is 10.7 Å². The lowest BCUT2D eigenvalue weighted by Crippen LogP contribution is -2.21. The van der Waals surface area contributed by atoms with Gasteiger partial charge in [0.1, 0.15) is 5.00 Å². The van der Waals surface area contributed by atoms with Crippen molar-refractivity contribution in [2.45, 2.75) is 20.8 Å². The number of anilines is 2. The first kappa shape index (κ1) is 16.5. The van der Waals surface area contributed by atoms with Crippen molar-refractivity contribution in [1.82, 2.24) is 0 Å². The Bertz CT molecular complexity index is 703. The summed E-state index contributed by atoms with van der Waals surface area (Å²) in [4.78, 5) is 12.8. The lowest BCUT2D eigenvalue weighted by atomic mass is 10.1. The number of hydrogen-bond acceptors (Lipinski definition) is 4. The van der Waals surface area contributed by atoms with Crippen LogP contribution in [0.2, 0.25) is 0 Å². The van der Waals surface area contributed by atoms with Gasteiger partial charge in [0.15, 0.2) is 5.11 Å². The molecule has 1 aromatic heterocycles. The number of aryl methyl sites for hydroxylation is 3. The van der Waals surface area contributed by atoms with Crippen molar-refractivity contribution >= 4 is 45.3 Å². The molecule has 0 atom stereocenters. The number of rotatable bonds is 3. The molecule has 4 nitrogen and oxygen atoms in total. The number of esters is 1. The van der Waals surface area contributed by atoms with Crippen LogP contribution >= 0.6 is 23.6 Å². The molecule has 1 heterocycles. The van der Waals surface area contributed by atoms with Crippen molar-refractivity contribution in [3.8, 4) is 0 Å². The summed E-state index contributed by atoms with van der Waals surface area (Å²) in [5.74, 6) is -0.373. The van der Waals surface area contributed by atoms with Crippen molar-refractivity contribution in [1.29, 1.82) is 0 Å². The van der Waals surface area contributed by atoms with E-state index in [0.717, 1.165) is 21.7 Å². The van der Waals surface area contributed by atoms with Crippen molar-refractivity contribution < 1.29 is 9.53 Å². The van der Waals surface area contributed by atoms with Gasteiger partial charge >= 0.3 is 5.97 Å². The molecule has 1 aromatic carbocycles. The van der Waals surface area contributed by atoms with E-state index in [4.69, 9.17) is 17.0 Å². The van der Waals surface area contributed by atoms with Crippen LogP contribution < -0.4 is 10.6 Å². The van der Waals surface area contributed by atoms with Crippen LogP contribution in [0.15, 0.2) is 24.3 Å². The zero-order chi connectivity index (χ0) is 16.3. The molecular weight excluding hydrogens is 316 g/mol. The predicted octanol–water partition coefficient (Wildman–Crippen LogP) is 4.27. The Morgan fingerprint density at radius 1 is 1.18 bits per heavy atom. The maximum atomic E-state index is 11.8.